The zero-order valence-electron chi connectivity index (χ0n) is 17.0. The molecule has 152 valence electrons. The van der Waals surface area contributed by atoms with Crippen LogP contribution in [0.25, 0.3) is 10.9 Å². The van der Waals surface area contributed by atoms with Gasteiger partial charge in [0.25, 0.3) is 5.91 Å². The highest BCUT2D eigenvalue weighted by molar-refractivity contribution is 6.13. The van der Waals surface area contributed by atoms with Gasteiger partial charge in [0.1, 0.15) is 17.8 Å². The molecule has 0 aliphatic carbocycles. The molecule has 29 heavy (non-hydrogen) atoms. The number of anilines is 2. The molecular weight excluding hydrogens is 366 g/mol. The van der Waals surface area contributed by atoms with Gasteiger partial charge in [-0.1, -0.05) is 18.2 Å². The number of piperazine rings is 1. The lowest BCUT2D eigenvalue weighted by molar-refractivity contribution is -0.121. The zero-order valence-corrected chi connectivity index (χ0v) is 17.0. The summed E-state index contributed by atoms with van der Waals surface area (Å²) in [7, 11) is 2.15. The average Bonchev–Trinajstić information content (AvgIpc) is 3.16. The molecule has 3 unspecified atom stereocenters. The van der Waals surface area contributed by atoms with Crippen LogP contribution in [0, 0.1) is 0 Å². The van der Waals surface area contributed by atoms with Gasteiger partial charge in [-0.05, 0) is 39.4 Å². The van der Waals surface area contributed by atoms with Crippen LogP contribution in [0.15, 0.2) is 24.3 Å². The maximum Gasteiger partial charge on any atom is 0.251 e. The minimum atomic E-state index is -0.169. The Morgan fingerprint density at radius 3 is 2.90 bits per heavy atom. The summed E-state index contributed by atoms with van der Waals surface area (Å²) in [6, 6.07) is 8.72. The van der Waals surface area contributed by atoms with Crippen LogP contribution in [0.5, 0.6) is 5.88 Å². The molecule has 6 rings (SSSR count). The average molecular weight is 393 g/mol. The Balaban J connectivity index is 1.55. The molecule has 0 saturated carbocycles. The van der Waals surface area contributed by atoms with Gasteiger partial charge in [-0.2, -0.15) is 0 Å². The number of nitrogens with zero attached hydrogens (tertiary/aromatic N) is 4. The number of amides is 1. The maximum atomic E-state index is 13.6. The minimum absolute atomic E-state index is 0.0394. The van der Waals surface area contributed by atoms with Crippen LogP contribution in [0.3, 0.4) is 0 Å². The molecule has 1 amide bonds. The van der Waals surface area contributed by atoms with Gasteiger partial charge in [0, 0.05) is 30.6 Å². The van der Waals surface area contributed by atoms with Crippen molar-refractivity contribution >= 4 is 28.2 Å². The predicted octanol–water partition coefficient (Wildman–Crippen LogP) is 1.60. The van der Waals surface area contributed by atoms with E-state index in [1.165, 1.54) is 6.42 Å². The first-order valence-electron chi connectivity index (χ1n) is 10.7. The highest BCUT2D eigenvalue weighted by Crippen LogP contribution is 2.49. The van der Waals surface area contributed by atoms with Crippen LogP contribution >= 0.6 is 0 Å². The number of benzene rings is 1. The van der Waals surface area contributed by atoms with Crippen molar-refractivity contribution in [3.05, 3.63) is 24.3 Å². The van der Waals surface area contributed by atoms with Crippen molar-refractivity contribution < 1.29 is 9.53 Å². The van der Waals surface area contributed by atoms with E-state index >= 15 is 0 Å². The second-order valence-corrected chi connectivity index (χ2v) is 8.90. The Hall–Kier alpha value is -2.38. The molecule has 1 aromatic carbocycles. The number of para-hydroxylation sites is 1. The molecule has 2 fully saturated rings. The molecule has 7 heteroatoms. The van der Waals surface area contributed by atoms with E-state index in [4.69, 9.17) is 9.72 Å². The van der Waals surface area contributed by atoms with Gasteiger partial charge in [0.15, 0.2) is 0 Å². The van der Waals surface area contributed by atoms with Crippen molar-refractivity contribution in [2.45, 2.75) is 44.0 Å². The van der Waals surface area contributed by atoms with Gasteiger partial charge in [0.05, 0.1) is 17.7 Å². The van der Waals surface area contributed by atoms with Crippen molar-refractivity contribution in [1.29, 1.82) is 0 Å². The molecule has 2 saturated heterocycles. The summed E-state index contributed by atoms with van der Waals surface area (Å²) in [5.41, 5.74) is 2.92. The van der Waals surface area contributed by atoms with E-state index in [2.05, 4.69) is 35.2 Å². The van der Waals surface area contributed by atoms with Crippen LogP contribution in [-0.2, 0) is 4.79 Å². The zero-order chi connectivity index (χ0) is 19.7. The minimum Gasteiger partial charge on any atom is -0.469 e. The SMILES string of the molecule is CC1CN2c3c4c(nc5ccccc35)OC([C@@H]3CCCN3C)CN4C(=O)C2CN1. The van der Waals surface area contributed by atoms with E-state index in [1.807, 2.05) is 23.1 Å². The largest absolute Gasteiger partial charge is 0.469 e. The lowest BCUT2D eigenvalue weighted by atomic mass is 9.97. The number of nitrogens with one attached hydrogen (secondary N) is 1. The van der Waals surface area contributed by atoms with E-state index in [1.54, 1.807) is 0 Å². The topological polar surface area (TPSA) is 60.9 Å². The summed E-state index contributed by atoms with van der Waals surface area (Å²) in [6.07, 6.45) is 2.24. The second-order valence-electron chi connectivity index (χ2n) is 8.90. The number of aromatic nitrogens is 1. The normalized spacial score (nSPS) is 31.6. The number of carbonyl (C=O) groups is 1. The fourth-order valence-electron chi connectivity index (χ4n) is 5.59. The summed E-state index contributed by atoms with van der Waals surface area (Å²) in [5.74, 6) is 0.789. The number of likely N-dealkylation sites (tertiary alicyclic amines) is 1. The highest BCUT2D eigenvalue weighted by Gasteiger charge is 2.48. The number of pyridine rings is 1. The van der Waals surface area contributed by atoms with Crippen molar-refractivity contribution in [3.8, 4) is 5.88 Å². The van der Waals surface area contributed by atoms with Crippen LogP contribution in [0.1, 0.15) is 19.8 Å². The lowest BCUT2D eigenvalue weighted by Crippen LogP contribution is -2.66. The molecule has 0 spiro atoms. The Bertz CT molecular complexity index is 995. The Morgan fingerprint density at radius 1 is 1.21 bits per heavy atom. The molecule has 1 aromatic heterocycles. The van der Waals surface area contributed by atoms with Crippen LogP contribution in [0.2, 0.25) is 0 Å². The summed E-state index contributed by atoms with van der Waals surface area (Å²) >= 11 is 0. The van der Waals surface area contributed by atoms with Crippen LogP contribution < -0.4 is 19.9 Å². The Labute approximate surface area is 170 Å². The van der Waals surface area contributed by atoms with Gasteiger partial charge >= 0.3 is 0 Å². The predicted molar refractivity (Wildman–Crippen MR) is 113 cm³/mol. The number of likely N-dealkylation sites (N-methyl/N-ethyl adjacent to an activating group) is 1. The molecule has 1 N–H and O–H groups in total. The molecular formula is C22H27N5O2. The standard InChI is InChI=1S/C22H27N5O2/c1-13-11-26-17(10-23-13)22(28)27-12-18(16-8-5-9-25(16)2)29-21-20(27)19(26)14-6-3-4-7-15(14)24-21/h3-4,6-7,13,16-18,23H,5,8-12H2,1-2H3/t13?,16-,17?,18?/m0/s1. The third-order valence-electron chi connectivity index (χ3n) is 7.05. The van der Waals surface area contributed by atoms with Gasteiger partial charge in [-0.3, -0.25) is 9.69 Å². The maximum absolute atomic E-state index is 13.6. The summed E-state index contributed by atoms with van der Waals surface area (Å²) in [5, 5.41) is 4.60. The van der Waals surface area contributed by atoms with E-state index in [0.717, 1.165) is 41.8 Å². The monoisotopic (exact) mass is 393 g/mol. The fraction of sp³-hybridized carbons (Fsp3) is 0.545. The third-order valence-corrected chi connectivity index (χ3v) is 7.05. The van der Waals surface area contributed by atoms with Gasteiger partial charge in [0.2, 0.25) is 5.88 Å². The Kier molecular flexibility index (Phi) is 3.80. The van der Waals surface area contributed by atoms with Crippen molar-refractivity contribution in [2.75, 3.05) is 43.0 Å². The lowest BCUT2D eigenvalue weighted by Gasteiger charge is -2.50. The highest BCUT2D eigenvalue weighted by atomic mass is 16.5. The molecule has 5 heterocycles. The van der Waals surface area contributed by atoms with E-state index in [0.29, 0.717) is 31.1 Å². The Morgan fingerprint density at radius 2 is 2.07 bits per heavy atom. The van der Waals surface area contributed by atoms with Crippen molar-refractivity contribution in [1.82, 2.24) is 15.2 Å². The number of rotatable bonds is 1. The van der Waals surface area contributed by atoms with Crippen LogP contribution in [-0.4, -0.2) is 73.2 Å². The number of carbonyl (C=O) groups excluding carboxylic acids is 1. The van der Waals surface area contributed by atoms with Crippen molar-refractivity contribution in [2.24, 2.45) is 0 Å². The van der Waals surface area contributed by atoms with E-state index in [-0.39, 0.29) is 18.1 Å². The smallest absolute Gasteiger partial charge is 0.251 e. The third kappa shape index (κ3) is 2.50. The van der Waals surface area contributed by atoms with Gasteiger partial charge in [-0.15, -0.1) is 0 Å². The molecule has 2 aromatic rings. The number of hydrogen-bond acceptors (Lipinski definition) is 6. The number of fused-ring (bicyclic) bond motifs is 4. The molecule has 4 aliphatic rings. The summed E-state index contributed by atoms with van der Waals surface area (Å²) in [6.45, 7) is 5.34. The first-order chi connectivity index (χ1) is 14.1. The van der Waals surface area contributed by atoms with E-state index in [9.17, 15) is 4.79 Å². The van der Waals surface area contributed by atoms with Crippen molar-refractivity contribution in [3.63, 3.8) is 0 Å². The quantitative estimate of drug-likeness (QED) is 0.794. The second kappa shape index (κ2) is 6.31. The van der Waals surface area contributed by atoms with Gasteiger partial charge < -0.3 is 19.9 Å². The molecule has 0 radical (unpaired) electrons. The molecule has 7 nitrogen and oxygen atoms in total. The number of ether oxygens (including phenoxy) is 1. The van der Waals surface area contributed by atoms with E-state index < -0.39 is 0 Å². The summed E-state index contributed by atoms with van der Waals surface area (Å²) in [4.78, 5) is 25.1. The van der Waals surface area contributed by atoms with Gasteiger partial charge in [-0.25, -0.2) is 4.98 Å². The fourth-order valence-corrected chi connectivity index (χ4v) is 5.59. The molecule has 4 aliphatic heterocycles. The van der Waals surface area contributed by atoms with Crippen LogP contribution in [0.4, 0.5) is 11.4 Å². The first-order valence-corrected chi connectivity index (χ1v) is 10.7. The molecule has 0 bridgehead atoms. The first kappa shape index (κ1) is 17.5. The molecule has 4 atom stereocenters. The number of hydrogen-bond donors (Lipinski definition) is 1. The summed E-state index contributed by atoms with van der Waals surface area (Å²) < 4.78 is 6.51.